The van der Waals surface area contributed by atoms with Crippen LogP contribution in [-0.4, -0.2) is 0 Å². The summed E-state index contributed by atoms with van der Waals surface area (Å²) in [7, 11) is 0. The van der Waals surface area contributed by atoms with E-state index in [4.69, 9.17) is 0 Å². The van der Waals surface area contributed by atoms with Gasteiger partial charge in [0.2, 0.25) is 0 Å². The van der Waals surface area contributed by atoms with Crippen molar-refractivity contribution in [2.24, 2.45) is 0 Å². The lowest BCUT2D eigenvalue weighted by molar-refractivity contribution is 1.04. The molecule has 0 nitrogen and oxygen atoms in total. The monoisotopic (exact) mass is 240 g/mol. The summed E-state index contributed by atoms with van der Waals surface area (Å²) < 4.78 is 0. The van der Waals surface area contributed by atoms with E-state index in [1.54, 1.807) is 0 Å². The van der Waals surface area contributed by atoms with Crippen LogP contribution in [0.25, 0.3) is 0 Å². The van der Waals surface area contributed by atoms with Gasteiger partial charge in [0.05, 0.1) is 0 Å². The van der Waals surface area contributed by atoms with Crippen LogP contribution in [0.1, 0.15) is 38.5 Å². The first-order valence-electron chi connectivity index (χ1n) is 6.95. The van der Waals surface area contributed by atoms with Gasteiger partial charge >= 0.3 is 0 Å². The van der Waals surface area contributed by atoms with Gasteiger partial charge in [-0.3, -0.25) is 0 Å². The van der Waals surface area contributed by atoms with Crippen LogP contribution >= 0.6 is 0 Å². The van der Waals surface area contributed by atoms with Crippen molar-refractivity contribution in [3.8, 4) is 0 Å². The summed E-state index contributed by atoms with van der Waals surface area (Å²) in [6.07, 6.45) is 33.0. The zero-order chi connectivity index (χ0) is 12.7. The van der Waals surface area contributed by atoms with Crippen molar-refractivity contribution in [3.05, 3.63) is 72.9 Å². The molecular formula is C18H24. The highest BCUT2D eigenvalue weighted by molar-refractivity contribution is 5.08. The molecule has 0 fully saturated rings. The van der Waals surface area contributed by atoms with E-state index in [1.165, 1.54) is 38.5 Å². The topological polar surface area (TPSA) is 0 Å². The Morgan fingerprint density at radius 1 is 0.278 bits per heavy atom. The standard InChI is InChI=1S/3C6H8/c3*1-2-4-6-5-3-1/h3*1-4H,5-6H2. The molecule has 0 aromatic heterocycles. The third-order valence-electron chi connectivity index (χ3n) is 2.65. The van der Waals surface area contributed by atoms with Crippen LogP contribution in [0.15, 0.2) is 72.9 Å². The fourth-order valence-corrected chi connectivity index (χ4v) is 1.63. The average Bonchev–Trinajstić information content (AvgIpc) is 2.54. The predicted molar refractivity (Wildman–Crippen MR) is 82.5 cm³/mol. The molecular weight excluding hydrogens is 216 g/mol. The van der Waals surface area contributed by atoms with Gasteiger partial charge in [0.15, 0.2) is 0 Å². The Morgan fingerprint density at radius 2 is 0.444 bits per heavy atom. The third-order valence-corrected chi connectivity index (χ3v) is 2.65. The average molecular weight is 240 g/mol. The van der Waals surface area contributed by atoms with Crippen LogP contribution in [0.2, 0.25) is 0 Å². The molecule has 3 aliphatic carbocycles. The molecule has 0 heterocycles. The molecule has 0 saturated carbocycles. The Balaban J connectivity index is 0.000000135. The summed E-state index contributed by atoms with van der Waals surface area (Å²) >= 11 is 0. The van der Waals surface area contributed by atoms with Crippen molar-refractivity contribution >= 4 is 0 Å². The fourth-order valence-electron chi connectivity index (χ4n) is 1.63. The number of rotatable bonds is 0. The third kappa shape index (κ3) is 9.65. The molecule has 0 radical (unpaired) electrons. The summed E-state index contributed by atoms with van der Waals surface area (Å²) in [5.41, 5.74) is 0. The SMILES string of the molecule is C1=CCCC=C1.C1=CCCC=C1.C1=CCCC=C1. The quantitative estimate of drug-likeness (QED) is 0.511. The van der Waals surface area contributed by atoms with Crippen LogP contribution in [0.5, 0.6) is 0 Å². The molecule has 0 aliphatic heterocycles. The van der Waals surface area contributed by atoms with Gasteiger partial charge in [-0.25, -0.2) is 0 Å². The first kappa shape index (κ1) is 14.5. The van der Waals surface area contributed by atoms with Gasteiger partial charge in [-0.2, -0.15) is 0 Å². The van der Waals surface area contributed by atoms with E-state index < -0.39 is 0 Å². The van der Waals surface area contributed by atoms with Crippen LogP contribution in [0.3, 0.4) is 0 Å². The maximum Gasteiger partial charge on any atom is -0.0313 e. The molecule has 0 unspecified atom stereocenters. The van der Waals surface area contributed by atoms with Gasteiger partial charge < -0.3 is 0 Å². The zero-order valence-electron chi connectivity index (χ0n) is 11.2. The molecule has 0 heteroatoms. The molecule has 18 heavy (non-hydrogen) atoms. The van der Waals surface area contributed by atoms with Crippen LogP contribution < -0.4 is 0 Å². The largest absolute Gasteiger partial charge is 0.0842 e. The maximum atomic E-state index is 2.18. The first-order valence-corrected chi connectivity index (χ1v) is 6.95. The van der Waals surface area contributed by atoms with Crippen molar-refractivity contribution in [2.45, 2.75) is 38.5 Å². The number of hydrogen-bond acceptors (Lipinski definition) is 0. The number of hydrogen-bond donors (Lipinski definition) is 0. The normalized spacial score (nSPS) is 18.7. The van der Waals surface area contributed by atoms with E-state index in [9.17, 15) is 0 Å². The zero-order valence-corrected chi connectivity index (χ0v) is 11.2. The molecule has 0 saturated heterocycles. The van der Waals surface area contributed by atoms with Gasteiger partial charge in [0, 0.05) is 0 Å². The molecule has 96 valence electrons. The fraction of sp³-hybridized carbons (Fsp3) is 0.333. The second kappa shape index (κ2) is 11.9. The summed E-state index contributed by atoms with van der Waals surface area (Å²) in [5, 5.41) is 0. The molecule has 0 N–H and O–H groups in total. The van der Waals surface area contributed by atoms with Gasteiger partial charge in [0.1, 0.15) is 0 Å². The summed E-state index contributed by atoms with van der Waals surface area (Å²) in [4.78, 5) is 0. The van der Waals surface area contributed by atoms with E-state index in [0.717, 1.165) is 0 Å². The molecule has 3 aliphatic rings. The van der Waals surface area contributed by atoms with E-state index in [1.807, 2.05) is 0 Å². The highest BCUT2D eigenvalue weighted by Crippen LogP contribution is 1.99. The lowest BCUT2D eigenvalue weighted by Gasteiger charge is -1.88. The first-order chi connectivity index (χ1) is 9.00. The Morgan fingerprint density at radius 3 is 0.500 bits per heavy atom. The summed E-state index contributed by atoms with van der Waals surface area (Å²) in [6, 6.07) is 0. The van der Waals surface area contributed by atoms with E-state index in [0.29, 0.717) is 0 Å². The van der Waals surface area contributed by atoms with Crippen LogP contribution in [0.4, 0.5) is 0 Å². The summed E-state index contributed by atoms with van der Waals surface area (Å²) in [6.45, 7) is 0. The molecule has 0 aromatic carbocycles. The molecule has 0 spiro atoms. The second-order valence-electron chi connectivity index (χ2n) is 4.30. The Labute approximate surface area is 112 Å². The van der Waals surface area contributed by atoms with Crippen LogP contribution in [0, 0.1) is 0 Å². The molecule has 0 bridgehead atoms. The van der Waals surface area contributed by atoms with Gasteiger partial charge in [-0.15, -0.1) is 0 Å². The van der Waals surface area contributed by atoms with Crippen LogP contribution in [-0.2, 0) is 0 Å². The Kier molecular flexibility index (Phi) is 9.60. The van der Waals surface area contributed by atoms with E-state index >= 15 is 0 Å². The maximum absolute atomic E-state index is 2.18. The molecule has 0 atom stereocenters. The molecule has 0 amide bonds. The predicted octanol–water partition coefficient (Wildman–Crippen LogP) is 5.68. The van der Waals surface area contributed by atoms with Crippen molar-refractivity contribution in [3.63, 3.8) is 0 Å². The van der Waals surface area contributed by atoms with Gasteiger partial charge in [-0.1, -0.05) is 72.9 Å². The lowest BCUT2D eigenvalue weighted by Crippen LogP contribution is -1.67. The molecule has 0 aromatic rings. The van der Waals surface area contributed by atoms with Crippen molar-refractivity contribution < 1.29 is 0 Å². The Hall–Kier alpha value is -1.56. The van der Waals surface area contributed by atoms with Crippen molar-refractivity contribution in [2.75, 3.05) is 0 Å². The summed E-state index contributed by atoms with van der Waals surface area (Å²) in [5.74, 6) is 0. The lowest BCUT2D eigenvalue weighted by atomic mass is 10.2. The highest BCUT2D eigenvalue weighted by Gasteiger charge is 1.78. The Bertz CT molecular complexity index is 255. The number of allylic oxidation sites excluding steroid dienone is 12. The van der Waals surface area contributed by atoms with Gasteiger partial charge in [0.25, 0.3) is 0 Å². The minimum absolute atomic E-state index is 1.23. The van der Waals surface area contributed by atoms with E-state index in [-0.39, 0.29) is 0 Å². The van der Waals surface area contributed by atoms with Gasteiger partial charge in [-0.05, 0) is 38.5 Å². The highest BCUT2D eigenvalue weighted by atomic mass is 13.8. The molecule has 3 rings (SSSR count). The second-order valence-corrected chi connectivity index (χ2v) is 4.30. The van der Waals surface area contributed by atoms with Crippen molar-refractivity contribution in [1.82, 2.24) is 0 Å². The minimum Gasteiger partial charge on any atom is -0.0842 e. The van der Waals surface area contributed by atoms with E-state index in [2.05, 4.69) is 72.9 Å². The minimum atomic E-state index is 1.23. The van der Waals surface area contributed by atoms with Crippen molar-refractivity contribution in [1.29, 1.82) is 0 Å². The smallest absolute Gasteiger partial charge is 0.0313 e.